The molecule has 0 aromatic heterocycles. The molecule has 2 N–H and O–H groups in total. The van der Waals surface area contributed by atoms with Gasteiger partial charge in [-0.15, -0.1) is 0 Å². The lowest BCUT2D eigenvalue weighted by atomic mass is 9.79. The van der Waals surface area contributed by atoms with Crippen molar-refractivity contribution in [2.75, 3.05) is 18.0 Å². The number of nitrogens with two attached hydrogens (primary N) is 1. The molecule has 0 spiro atoms. The highest BCUT2D eigenvalue weighted by molar-refractivity contribution is 5.97. The van der Waals surface area contributed by atoms with Crippen LogP contribution < -0.4 is 10.6 Å². The highest BCUT2D eigenvalue weighted by atomic mass is 16.2. The van der Waals surface area contributed by atoms with E-state index in [0.717, 1.165) is 31.4 Å². The van der Waals surface area contributed by atoms with Crippen molar-refractivity contribution in [3.8, 4) is 0 Å². The Morgan fingerprint density at radius 2 is 1.90 bits per heavy atom. The van der Waals surface area contributed by atoms with Crippen LogP contribution in [0, 0.1) is 12.3 Å². The van der Waals surface area contributed by atoms with Crippen LogP contribution in [0.15, 0.2) is 24.3 Å². The molecule has 116 valence electrons. The van der Waals surface area contributed by atoms with E-state index in [2.05, 4.69) is 19.1 Å². The molecular weight excluding hydrogens is 260 g/mol. The molecule has 1 aliphatic carbocycles. The molecule has 0 saturated heterocycles. The molecule has 2 rings (SSSR count). The van der Waals surface area contributed by atoms with E-state index in [9.17, 15) is 4.79 Å². The zero-order chi connectivity index (χ0) is 15.3. The van der Waals surface area contributed by atoms with E-state index >= 15 is 0 Å². The molecule has 1 aliphatic rings. The van der Waals surface area contributed by atoms with Crippen molar-refractivity contribution < 1.29 is 4.79 Å². The second-order valence-corrected chi connectivity index (χ2v) is 6.29. The number of nitrogens with zero attached hydrogens (tertiary/aromatic N) is 1. The van der Waals surface area contributed by atoms with Gasteiger partial charge in [0.25, 0.3) is 0 Å². The van der Waals surface area contributed by atoms with Gasteiger partial charge in [-0.25, -0.2) is 0 Å². The van der Waals surface area contributed by atoms with Crippen LogP contribution in [-0.2, 0) is 4.79 Å². The molecule has 0 unspecified atom stereocenters. The standard InChI is InChI=1S/C18H28N2O/c1-3-20(16-10-8-9-15(2)13-16)17(21)18(14-19)11-6-4-5-7-12-18/h8-10,13H,3-7,11-12,14,19H2,1-2H3. The monoisotopic (exact) mass is 288 g/mol. The summed E-state index contributed by atoms with van der Waals surface area (Å²) in [5.74, 6) is 0.222. The molecule has 21 heavy (non-hydrogen) atoms. The van der Waals surface area contributed by atoms with Crippen LogP contribution in [0.2, 0.25) is 0 Å². The fourth-order valence-electron chi connectivity index (χ4n) is 3.44. The molecule has 3 heteroatoms. The van der Waals surface area contributed by atoms with Crippen molar-refractivity contribution in [1.82, 2.24) is 0 Å². The predicted octanol–water partition coefficient (Wildman–Crippen LogP) is 3.65. The number of hydrogen-bond donors (Lipinski definition) is 1. The smallest absolute Gasteiger partial charge is 0.234 e. The summed E-state index contributed by atoms with van der Waals surface area (Å²) in [6, 6.07) is 8.19. The highest BCUT2D eigenvalue weighted by Crippen LogP contribution is 2.37. The van der Waals surface area contributed by atoms with Crippen molar-refractivity contribution in [3.63, 3.8) is 0 Å². The number of carbonyl (C=O) groups is 1. The van der Waals surface area contributed by atoms with Crippen LogP contribution in [0.5, 0.6) is 0 Å². The number of anilines is 1. The first-order chi connectivity index (χ1) is 10.1. The zero-order valence-electron chi connectivity index (χ0n) is 13.4. The molecule has 3 nitrogen and oxygen atoms in total. The van der Waals surface area contributed by atoms with Gasteiger partial charge in [0.1, 0.15) is 0 Å². The van der Waals surface area contributed by atoms with Gasteiger partial charge in [-0.2, -0.15) is 0 Å². The number of aryl methyl sites for hydroxylation is 1. The largest absolute Gasteiger partial charge is 0.329 e. The zero-order valence-corrected chi connectivity index (χ0v) is 13.4. The Morgan fingerprint density at radius 3 is 2.43 bits per heavy atom. The van der Waals surface area contributed by atoms with Crippen LogP contribution in [-0.4, -0.2) is 19.0 Å². The summed E-state index contributed by atoms with van der Waals surface area (Å²) in [4.78, 5) is 15.1. The Bertz CT molecular complexity index is 476. The molecule has 1 fully saturated rings. The normalized spacial score (nSPS) is 18.0. The summed E-state index contributed by atoms with van der Waals surface area (Å²) in [7, 11) is 0. The second kappa shape index (κ2) is 7.08. The van der Waals surface area contributed by atoms with Crippen LogP contribution in [0.1, 0.15) is 51.0 Å². The number of amides is 1. The Morgan fingerprint density at radius 1 is 1.24 bits per heavy atom. The van der Waals surface area contributed by atoms with E-state index in [1.807, 2.05) is 24.0 Å². The molecular formula is C18H28N2O. The first-order valence-electron chi connectivity index (χ1n) is 8.21. The van der Waals surface area contributed by atoms with Crippen LogP contribution >= 0.6 is 0 Å². The summed E-state index contributed by atoms with van der Waals surface area (Å²) in [6.45, 7) is 5.27. The van der Waals surface area contributed by atoms with E-state index < -0.39 is 0 Å². The summed E-state index contributed by atoms with van der Waals surface area (Å²) < 4.78 is 0. The van der Waals surface area contributed by atoms with Gasteiger partial charge in [0.05, 0.1) is 5.41 Å². The maximum atomic E-state index is 13.2. The minimum atomic E-state index is -0.351. The number of carbonyl (C=O) groups excluding carboxylic acids is 1. The molecule has 0 aliphatic heterocycles. The lowest BCUT2D eigenvalue weighted by Gasteiger charge is -2.35. The maximum absolute atomic E-state index is 13.2. The topological polar surface area (TPSA) is 46.3 Å². The minimum Gasteiger partial charge on any atom is -0.329 e. The average molecular weight is 288 g/mol. The summed E-state index contributed by atoms with van der Waals surface area (Å²) in [5, 5.41) is 0. The first-order valence-corrected chi connectivity index (χ1v) is 8.21. The lowest BCUT2D eigenvalue weighted by molar-refractivity contribution is -0.128. The third kappa shape index (κ3) is 3.46. The Labute approximate surface area is 128 Å². The van der Waals surface area contributed by atoms with Crippen molar-refractivity contribution in [2.24, 2.45) is 11.1 Å². The average Bonchev–Trinajstić information content (AvgIpc) is 2.74. The van der Waals surface area contributed by atoms with Crippen molar-refractivity contribution in [1.29, 1.82) is 0 Å². The molecule has 1 saturated carbocycles. The molecule has 0 radical (unpaired) electrons. The first kappa shape index (κ1) is 16.0. The van der Waals surface area contributed by atoms with Crippen LogP contribution in [0.3, 0.4) is 0 Å². The van der Waals surface area contributed by atoms with Crippen molar-refractivity contribution in [2.45, 2.75) is 52.4 Å². The fraction of sp³-hybridized carbons (Fsp3) is 0.611. The van der Waals surface area contributed by atoms with E-state index in [4.69, 9.17) is 5.73 Å². The summed E-state index contributed by atoms with van der Waals surface area (Å²) in [6.07, 6.45) is 6.56. The van der Waals surface area contributed by atoms with Gasteiger partial charge in [0.15, 0.2) is 0 Å². The molecule has 0 atom stereocenters. The quantitative estimate of drug-likeness (QED) is 0.860. The van der Waals surface area contributed by atoms with Crippen LogP contribution in [0.4, 0.5) is 5.69 Å². The van der Waals surface area contributed by atoms with Gasteiger partial charge >= 0.3 is 0 Å². The number of rotatable bonds is 4. The summed E-state index contributed by atoms with van der Waals surface area (Å²) >= 11 is 0. The molecule has 0 heterocycles. The van der Waals surface area contributed by atoms with Crippen LogP contribution in [0.25, 0.3) is 0 Å². The SMILES string of the molecule is CCN(C(=O)C1(CN)CCCCCC1)c1cccc(C)c1. The maximum Gasteiger partial charge on any atom is 0.234 e. The molecule has 1 aromatic rings. The number of hydrogen-bond acceptors (Lipinski definition) is 2. The van der Waals surface area contributed by atoms with E-state index in [0.29, 0.717) is 13.1 Å². The van der Waals surface area contributed by atoms with Gasteiger partial charge in [-0.1, -0.05) is 37.8 Å². The number of benzene rings is 1. The Kier molecular flexibility index (Phi) is 5.40. The van der Waals surface area contributed by atoms with Crippen molar-refractivity contribution in [3.05, 3.63) is 29.8 Å². The second-order valence-electron chi connectivity index (χ2n) is 6.29. The van der Waals surface area contributed by atoms with E-state index in [-0.39, 0.29) is 11.3 Å². The van der Waals surface area contributed by atoms with Gasteiger partial charge in [-0.05, 0) is 44.4 Å². The summed E-state index contributed by atoms with van der Waals surface area (Å²) in [5.41, 5.74) is 7.89. The third-order valence-corrected chi connectivity index (χ3v) is 4.78. The highest BCUT2D eigenvalue weighted by Gasteiger charge is 2.40. The Balaban J connectivity index is 2.29. The van der Waals surface area contributed by atoms with Gasteiger partial charge in [-0.3, -0.25) is 4.79 Å². The fourth-order valence-corrected chi connectivity index (χ4v) is 3.44. The van der Waals surface area contributed by atoms with E-state index in [1.165, 1.54) is 18.4 Å². The van der Waals surface area contributed by atoms with Gasteiger partial charge < -0.3 is 10.6 Å². The molecule has 1 amide bonds. The predicted molar refractivity (Wildman–Crippen MR) is 88.4 cm³/mol. The molecule has 1 aromatic carbocycles. The molecule has 0 bridgehead atoms. The lowest BCUT2D eigenvalue weighted by Crippen LogP contribution is -2.48. The van der Waals surface area contributed by atoms with Gasteiger partial charge in [0, 0.05) is 18.8 Å². The third-order valence-electron chi connectivity index (χ3n) is 4.78. The Hall–Kier alpha value is -1.35. The van der Waals surface area contributed by atoms with Crippen molar-refractivity contribution >= 4 is 11.6 Å². The van der Waals surface area contributed by atoms with Gasteiger partial charge in [0.2, 0.25) is 5.91 Å². The minimum absolute atomic E-state index is 0.222. The van der Waals surface area contributed by atoms with E-state index in [1.54, 1.807) is 0 Å².